The molecule has 3 heteroatoms. The van der Waals surface area contributed by atoms with Gasteiger partial charge in [-0.15, -0.1) is 0 Å². The van der Waals surface area contributed by atoms with E-state index in [1.165, 1.54) is 0 Å². The third-order valence-electron chi connectivity index (χ3n) is 1.59. The average Bonchev–Trinajstić information content (AvgIpc) is 2.21. The van der Waals surface area contributed by atoms with Gasteiger partial charge in [0.1, 0.15) is 0 Å². The molecule has 0 aliphatic heterocycles. The standard InChI is InChI=1S/C10H8N2.2CH3.Pt/c1-3-7-11-9(5-1)10-6-2-4-8-12-10;;;/h1-8H;2*1H3;/q;2*-1;+2. The van der Waals surface area contributed by atoms with Gasteiger partial charge in [0, 0.05) is 12.4 Å². The largest absolute Gasteiger partial charge is 2.00 e. The molecule has 0 radical (unpaired) electrons. The molecule has 0 aliphatic rings. The van der Waals surface area contributed by atoms with Crippen LogP contribution in [0.25, 0.3) is 11.4 Å². The van der Waals surface area contributed by atoms with Crippen molar-refractivity contribution in [3.05, 3.63) is 63.6 Å². The van der Waals surface area contributed by atoms with Gasteiger partial charge in [-0.05, 0) is 24.3 Å². The number of pyridine rings is 2. The molecule has 0 amide bonds. The van der Waals surface area contributed by atoms with Crippen LogP contribution in [0.5, 0.6) is 0 Å². The molecule has 82 valence electrons. The first-order chi connectivity index (χ1) is 5.97. The molecule has 2 aromatic heterocycles. The van der Waals surface area contributed by atoms with Gasteiger partial charge in [0.15, 0.2) is 0 Å². The van der Waals surface area contributed by atoms with E-state index in [9.17, 15) is 0 Å². The summed E-state index contributed by atoms with van der Waals surface area (Å²) in [6, 6.07) is 11.6. The summed E-state index contributed by atoms with van der Waals surface area (Å²) >= 11 is 0. The molecular formula is C12H14N2Pt. The predicted octanol–water partition coefficient (Wildman–Crippen LogP) is 3.04. The van der Waals surface area contributed by atoms with Gasteiger partial charge in [-0.3, -0.25) is 9.97 Å². The maximum atomic E-state index is 4.19. The minimum absolute atomic E-state index is 0. The molecule has 15 heavy (non-hydrogen) atoms. The van der Waals surface area contributed by atoms with Crippen molar-refractivity contribution in [2.45, 2.75) is 0 Å². The van der Waals surface area contributed by atoms with Crippen molar-refractivity contribution in [3.8, 4) is 11.4 Å². The Hall–Kier alpha value is -1.01. The Balaban J connectivity index is 0. The zero-order chi connectivity index (χ0) is 8.23. The van der Waals surface area contributed by atoms with Crippen molar-refractivity contribution < 1.29 is 21.1 Å². The van der Waals surface area contributed by atoms with Crippen LogP contribution in [0, 0.1) is 14.9 Å². The summed E-state index contributed by atoms with van der Waals surface area (Å²) in [6.07, 6.45) is 3.54. The first kappa shape index (κ1) is 16.4. The summed E-state index contributed by atoms with van der Waals surface area (Å²) in [7, 11) is 0. The van der Waals surface area contributed by atoms with Crippen molar-refractivity contribution in [2.75, 3.05) is 0 Å². The maximum Gasteiger partial charge on any atom is 2.00 e. The van der Waals surface area contributed by atoms with E-state index in [4.69, 9.17) is 0 Å². The van der Waals surface area contributed by atoms with Gasteiger partial charge in [0.2, 0.25) is 0 Å². The normalized spacial score (nSPS) is 7.73. The minimum Gasteiger partial charge on any atom is -0.358 e. The third kappa shape index (κ3) is 4.35. The van der Waals surface area contributed by atoms with E-state index < -0.39 is 0 Å². The van der Waals surface area contributed by atoms with Crippen molar-refractivity contribution in [1.29, 1.82) is 0 Å². The van der Waals surface area contributed by atoms with Crippen molar-refractivity contribution >= 4 is 0 Å². The van der Waals surface area contributed by atoms with E-state index in [1.807, 2.05) is 36.4 Å². The first-order valence-corrected chi connectivity index (χ1v) is 3.79. The topological polar surface area (TPSA) is 25.8 Å². The molecule has 2 nitrogen and oxygen atoms in total. The molecule has 0 saturated heterocycles. The molecule has 0 aliphatic carbocycles. The van der Waals surface area contributed by atoms with Crippen molar-refractivity contribution in [3.63, 3.8) is 0 Å². The smallest absolute Gasteiger partial charge is 0.358 e. The van der Waals surface area contributed by atoms with Crippen LogP contribution in [-0.2, 0) is 21.1 Å². The summed E-state index contributed by atoms with van der Waals surface area (Å²) in [5.41, 5.74) is 1.83. The Kier molecular flexibility index (Phi) is 9.10. The molecule has 0 saturated carbocycles. The molecule has 2 rings (SSSR count). The number of rotatable bonds is 1. The fraction of sp³-hybridized carbons (Fsp3) is 0. The fourth-order valence-electron chi connectivity index (χ4n) is 1.03. The second kappa shape index (κ2) is 8.31. The Morgan fingerprint density at radius 1 is 0.667 bits per heavy atom. The van der Waals surface area contributed by atoms with Crippen molar-refractivity contribution in [2.24, 2.45) is 0 Å². The first-order valence-electron chi connectivity index (χ1n) is 3.79. The van der Waals surface area contributed by atoms with E-state index in [0.29, 0.717) is 0 Å². The second-order valence-corrected chi connectivity index (χ2v) is 2.43. The van der Waals surface area contributed by atoms with Gasteiger partial charge in [-0.2, -0.15) is 0 Å². The summed E-state index contributed by atoms with van der Waals surface area (Å²) in [4.78, 5) is 8.37. The molecule has 0 aromatic carbocycles. The third-order valence-corrected chi connectivity index (χ3v) is 1.59. The Morgan fingerprint density at radius 2 is 1.07 bits per heavy atom. The zero-order valence-electron chi connectivity index (χ0n) is 8.83. The van der Waals surface area contributed by atoms with Crippen LogP contribution >= 0.6 is 0 Å². The molecule has 0 unspecified atom stereocenters. The van der Waals surface area contributed by atoms with Gasteiger partial charge in [0.05, 0.1) is 11.4 Å². The van der Waals surface area contributed by atoms with E-state index in [2.05, 4.69) is 9.97 Å². The van der Waals surface area contributed by atoms with Crippen LogP contribution in [0.3, 0.4) is 0 Å². The van der Waals surface area contributed by atoms with Gasteiger partial charge >= 0.3 is 21.1 Å². The molecule has 0 atom stereocenters. The van der Waals surface area contributed by atoms with Crippen LogP contribution < -0.4 is 0 Å². The summed E-state index contributed by atoms with van der Waals surface area (Å²) in [6.45, 7) is 0. The summed E-state index contributed by atoms with van der Waals surface area (Å²) in [5, 5.41) is 0. The minimum atomic E-state index is 0. The van der Waals surface area contributed by atoms with E-state index in [0.717, 1.165) is 11.4 Å². The van der Waals surface area contributed by atoms with E-state index in [1.54, 1.807) is 12.4 Å². The number of nitrogens with zero attached hydrogens (tertiary/aromatic N) is 2. The number of hydrogen-bond donors (Lipinski definition) is 0. The van der Waals surface area contributed by atoms with E-state index in [-0.39, 0.29) is 35.9 Å². The SMILES string of the molecule is [CH3-].[CH3-].[Pt+2].c1ccc(-c2ccccn2)nc1. The van der Waals surface area contributed by atoms with E-state index >= 15 is 0 Å². The van der Waals surface area contributed by atoms with Crippen LogP contribution in [0.4, 0.5) is 0 Å². The fourth-order valence-corrected chi connectivity index (χ4v) is 1.03. The molecule has 0 spiro atoms. The predicted molar refractivity (Wildman–Crippen MR) is 60.3 cm³/mol. The Labute approximate surface area is 106 Å². The Bertz CT molecular complexity index is 311. The maximum absolute atomic E-state index is 4.19. The zero-order valence-corrected chi connectivity index (χ0v) is 11.1. The number of hydrogen-bond acceptors (Lipinski definition) is 2. The molecule has 2 aromatic rings. The summed E-state index contributed by atoms with van der Waals surface area (Å²) < 4.78 is 0. The molecule has 2 heterocycles. The van der Waals surface area contributed by atoms with Crippen LogP contribution in [0.1, 0.15) is 0 Å². The molecule has 0 bridgehead atoms. The molecular weight excluding hydrogens is 367 g/mol. The van der Waals surface area contributed by atoms with Gasteiger partial charge < -0.3 is 14.9 Å². The summed E-state index contributed by atoms with van der Waals surface area (Å²) in [5.74, 6) is 0. The van der Waals surface area contributed by atoms with Crippen LogP contribution in [-0.4, -0.2) is 9.97 Å². The van der Waals surface area contributed by atoms with Gasteiger partial charge in [-0.1, -0.05) is 12.1 Å². The average molecular weight is 381 g/mol. The van der Waals surface area contributed by atoms with Crippen LogP contribution in [0.2, 0.25) is 0 Å². The van der Waals surface area contributed by atoms with Gasteiger partial charge in [-0.25, -0.2) is 0 Å². The van der Waals surface area contributed by atoms with Crippen molar-refractivity contribution in [1.82, 2.24) is 9.97 Å². The van der Waals surface area contributed by atoms with Gasteiger partial charge in [0.25, 0.3) is 0 Å². The quantitative estimate of drug-likeness (QED) is 0.710. The molecule has 0 fully saturated rings. The monoisotopic (exact) mass is 381 g/mol. The van der Waals surface area contributed by atoms with Crippen LogP contribution in [0.15, 0.2) is 48.8 Å². The number of aromatic nitrogens is 2. The molecule has 0 N–H and O–H groups in total. The second-order valence-electron chi connectivity index (χ2n) is 2.43. The Morgan fingerprint density at radius 3 is 1.33 bits per heavy atom.